The monoisotopic (exact) mass is 594 g/mol. The molecule has 8 nitrogen and oxygen atoms in total. The SMILES string of the molecule is CC(C)(O)c1coc(-c2cccc(N(CC34CCC(c5nc(C6CC6)no5)(CC3)CC4)C(=O)CC3CC(C(F)F)C3)c2)n1. The summed E-state index contributed by atoms with van der Waals surface area (Å²) in [5.74, 6) is 1.83. The highest BCUT2D eigenvalue weighted by atomic mass is 19.3. The molecule has 0 aliphatic heterocycles. The zero-order valence-electron chi connectivity index (χ0n) is 24.9. The fourth-order valence-corrected chi connectivity index (χ4v) is 7.45. The van der Waals surface area contributed by atoms with Crippen molar-refractivity contribution in [2.24, 2.45) is 17.3 Å². The Morgan fingerprint density at radius 2 is 1.84 bits per heavy atom. The first kappa shape index (κ1) is 28.6. The van der Waals surface area contributed by atoms with Crippen molar-refractivity contribution in [3.63, 3.8) is 0 Å². The van der Waals surface area contributed by atoms with Crippen molar-refractivity contribution in [1.82, 2.24) is 15.1 Å². The van der Waals surface area contributed by atoms with Crippen molar-refractivity contribution in [3.05, 3.63) is 47.9 Å². The minimum atomic E-state index is -2.32. The van der Waals surface area contributed by atoms with Crippen LogP contribution >= 0.6 is 0 Å². The van der Waals surface area contributed by atoms with Crippen LogP contribution in [0, 0.1) is 17.3 Å². The summed E-state index contributed by atoms with van der Waals surface area (Å²) in [5, 5.41) is 14.6. The summed E-state index contributed by atoms with van der Waals surface area (Å²) in [6, 6.07) is 7.59. The molecule has 5 aliphatic carbocycles. The van der Waals surface area contributed by atoms with Crippen molar-refractivity contribution in [1.29, 1.82) is 0 Å². The molecular formula is C33H40F2N4O4. The van der Waals surface area contributed by atoms with Crippen molar-refractivity contribution in [2.45, 2.75) is 108 Å². The Morgan fingerprint density at radius 3 is 2.47 bits per heavy atom. The maximum atomic E-state index is 13.9. The largest absolute Gasteiger partial charge is 0.444 e. The summed E-state index contributed by atoms with van der Waals surface area (Å²) in [4.78, 5) is 25.1. The number of hydrogen-bond acceptors (Lipinski definition) is 7. The van der Waals surface area contributed by atoms with Crippen LogP contribution in [0.3, 0.4) is 0 Å². The summed E-state index contributed by atoms with van der Waals surface area (Å²) in [6.45, 7) is 3.88. The highest BCUT2D eigenvalue weighted by Gasteiger charge is 2.53. The van der Waals surface area contributed by atoms with E-state index in [0.29, 0.717) is 42.5 Å². The minimum Gasteiger partial charge on any atom is -0.444 e. The third-order valence-electron chi connectivity index (χ3n) is 10.7. The highest BCUT2D eigenvalue weighted by molar-refractivity contribution is 5.94. The number of amides is 1. The Balaban J connectivity index is 1.12. The second-order valence-electron chi connectivity index (χ2n) is 14.3. The van der Waals surface area contributed by atoms with Crippen LogP contribution in [0.5, 0.6) is 0 Å². The minimum absolute atomic E-state index is 0.0145. The average molecular weight is 595 g/mol. The van der Waals surface area contributed by atoms with E-state index in [9.17, 15) is 18.7 Å². The van der Waals surface area contributed by atoms with Crippen molar-refractivity contribution in [3.8, 4) is 11.5 Å². The number of carbonyl (C=O) groups is 1. The van der Waals surface area contributed by atoms with Crippen molar-refractivity contribution >= 4 is 11.6 Å². The van der Waals surface area contributed by atoms with Gasteiger partial charge in [-0.05, 0) is 108 Å². The molecule has 0 unspecified atom stereocenters. The van der Waals surface area contributed by atoms with Crippen LogP contribution in [0.15, 0.2) is 39.5 Å². The van der Waals surface area contributed by atoms with Gasteiger partial charge in [-0.3, -0.25) is 4.79 Å². The predicted molar refractivity (Wildman–Crippen MR) is 154 cm³/mol. The summed E-state index contributed by atoms with van der Waals surface area (Å²) in [5.41, 5.74) is 0.635. The number of rotatable bonds is 10. The van der Waals surface area contributed by atoms with Gasteiger partial charge in [0.2, 0.25) is 24.1 Å². The molecule has 230 valence electrons. The smallest absolute Gasteiger partial charge is 0.241 e. The fourth-order valence-electron chi connectivity index (χ4n) is 7.45. The van der Waals surface area contributed by atoms with Gasteiger partial charge in [-0.15, -0.1) is 0 Å². The number of aromatic nitrogens is 3. The average Bonchev–Trinajstić information content (AvgIpc) is 3.46. The lowest BCUT2D eigenvalue weighted by atomic mass is 9.53. The van der Waals surface area contributed by atoms with Gasteiger partial charge in [0, 0.05) is 41.5 Å². The van der Waals surface area contributed by atoms with Gasteiger partial charge in [-0.2, -0.15) is 4.98 Å². The van der Waals surface area contributed by atoms with E-state index >= 15 is 0 Å². The van der Waals surface area contributed by atoms with Gasteiger partial charge in [0.05, 0.1) is 0 Å². The Hall–Kier alpha value is -3.14. The Labute approximate surface area is 250 Å². The summed E-state index contributed by atoms with van der Waals surface area (Å²) in [6.07, 6.45) is 8.21. The molecule has 10 heteroatoms. The number of fused-ring (bicyclic) bond motifs is 3. The van der Waals surface area contributed by atoms with E-state index in [-0.39, 0.29) is 29.1 Å². The molecule has 8 rings (SSSR count). The molecule has 43 heavy (non-hydrogen) atoms. The Bertz CT molecular complexity index is 1460. The molecule has 0 saturated heterocycles. The number of oxazole rings is 1. The molecular weight excluding hydrogens is 554 g/mol. The third-order valence-corrected chi connectivity index (χ3v) is 10.7. The first-order valence-electron chi connectivity index (χ1n) is 15.7. The topological polar surface area (TPSA) is 105 Å². The van der Waals surface area contributed by atoms with Gasteiger partial charge < -0.3 is 18.9 Å². The highest BCUT2D eigenvalue weighted by Crippen LogP contribution is 2.58. The molecule has 2 aromatic heterocycles. The predicted octanol–water partition coefficient (Wildman–Crippen LogP) is 7.14. The summed E-state index contributed by atoms with van der Waals surface area (Å²) < 4.78 is 37.8. The Kier molecular flexibility index (Phi) is 6.98. The fraction of sp³-hybridized carbons (Fsp3) is 0.636. The molecule has 5 aliphatic rings. The number of halogens is 2. The molecule has 2 heterocycles. The number of hydrogen-bond donors (Lipinski definition) is 1. The van der Waals surface area contributed by atoms with Crippen molar-refractivity contribution in [2.75, 3.05) is 11.4 Å². The van der Waals surface area contributed by atoms with Crippen LogP contribution in [0.1, 0.15) is 108 Å². The molecule has 0 radical (unpaired) electrons. The van der Waals surface area contributed by atoms with E-state index in [2.05, 4.69) is 10.1 Å². The van der Waals surface area contributed by atoms with Crippen LogP contribution < -0.4 is 4.90 Å². The van der Waals surface area contributed by atoms with Crippen LogP contribution in [-0.4, -0.2) is 39.1 Å². The Morgan fingerprint density at radius 1 is 1.12 bits per heavy atom. The first-order chi connectivity index (χ1) is 20.5. The van der Waals surface area contributed by atoms with Crippen molar-refractivity contribution < 1.29 is 27.6 Å². The molecule has 1 aromatic carbocycles. The molecule has 0 spiro atoms. The molecule has 1 amide bonds. The number of anilines is 1. The van der Waals surface area contributed by atoms with E-state index in [1.807, 2.05) is 29.2 Å². The van der Waals surface area contributed by atoms with Gasteiger partial charge in [0.25, 0.3) is 0 Å². The normalized spacial score (nSPS) is 28.7. The number of alkyl halides is 2. The van der Waals surface area contributed by atoms with Gasteiger partial charge in [-0.25, -0.2) is 13.8 Å². The zero-order chi connectivity index (χ0) is 30.0. The van der Waals surface area contributed by atoms with Crippen LogP contribution in [0.25, 0.3) is 11.5 Å². The number of nitrogens with zero attached hydrogens (tertiary/aromatic N) is 4. The standard InChI is InChI=1S/C33H40F2N4O4/c1-31(2,41)25-18-42-29(36-25)22-4-3-5-24(17-22)39(26(40)16-20-14-23(15-20)27(34)35)19-32-8-11-33(12-9-32,13-10-32)30-37-28(38-43-30)21-6-7-21/h3-5,17-18,20-21,23,27,41H,6-16,19H2,1-2H3. The van der Waals surface area contributed by atoms with Gasteiger partial charge in [0.15, 0.2) is 5.82 Å². The quantitative estimate of drug-likeness (QED) is 0.266. The van der Waals surface area contributed by atoms with Crippen LogP contribution in [-0.2, 0) is 15.8 Å². The molecule has 1 N–H and O–H groups in total. The summed E-state index contributed by atoms with van der Waals surface area (Å²) in [7, 11) is 0. The molecule has 5 fully saturated rings. The second-order valence-corrected chi connectivity index (χ2v) is 14.3. The lowest BCUT2D eigenvalue weighted by Gasteiger charge is -2.53. The third kappa shape index (κ3) is 5.51. The molecule has 2 bridgehead atoms. The lowest BCUT2D eigenvalue weighted by molar-refractivity contribution is -0.122. The number of carbonyl (C=O) groups excluding carboxylic acids is 1. The zero-order valence-corrected chi connectivity index (χ0v) is 24.9. The summed E-state index contributed by atoms with van der Waals surface area (Å²) >= 11 is 0. The van der Waals surface area contributed by atoms with E-state index in [0.717, 1.165) is 68.8 Å². The second kappa shape index (κ2) is 10.5. The molecule has 5 saturated carbocycles. The van der Waals surface area contributed by atoms with E-state index < -0.39 is 17.9 Å². The van der Waals surface area contributed by atoms with Gasteiger partial charge in [0.1, 0.15) is 17.6 Å². The number of aliphatic hydroxyl groups is 1. The van der Waals surface area contributed by atoms with Gasteiger partial charge in [-0.1, -0.05) is 11.2 Å². The van der Waals surface area contributed by atoms with Gasteiger partial charge >= 0.3 is 0 Å². The molecule has 0 atom stereocenters. The molecule has 3 aromatic rings. The van der Waals surface area contributed by atoms with E-state index in [4.69, 9.17) is 13.9 Å². The maximum absolute atomic E-state index is 13.9. The van der Waals surface area contributed by atoms with Crippen LogP contribution in [0.4, 0.5) is 14.5 Å². The van der Waals surface area contributed by atoms with E-state index in [1.54, 1.807) is 13.8 Å². The first-order valence-corrected chi connectivity index (χ1v) is 15.7. The van der Waals surface area contributed by atoms with Crippen LogP contribution in [0.2, 0.25) is 0 Å². The maximum Gasteiger partial charge on any atom is 0.241 e. The lowest BCUT2D eigenvalue weighted by Crippen LogP contribution is -2.51. The van der Waals surface area contributed by atoms with E-state index in [1.165, 1.54) is 6.26 Å². The number of benzene rings is 1.